The predicted octanol–water partition coefficient (Wildman–Crippen LogP) is 3.66. The van der Waals surface area contributed by atoms with Gasteiger partial charge in [0, 0.05) is 24.8 Å². The monoisotopic (exact) mass is 544 g/mol. The first-order valence-corrected chi connectivity index (χ1v) is 13.1. The van der Waals surface area contributed by atoms with Crippen LogP contribution in [-0.2, 0) is 11.3 Å². The molecule has 0 amide bonds. The van der Waals surface area contributed by atoms with Gasteiger partial charge in [-0.1, -0.05) is 25.1 Å². The maximum atomic E-state index is 15.4. The highest BCUT2D eigenvalue weighted by molar-refractivity contribution is 5.89. The van der Waals surface area contributed by atoms with Crippen molar-refractivity contribution in [2.75, 3.05) is 38.7 Å². The van der Waals surface area contributed by atoms with E-state index < -0.39 is 25.2 Å². The van der Waals surface area contributed by atoms with Gasteiger partial charge in [-0.2, -0.15) is 4.98 Å². The molecule has 2 aliphatic rings. The van der Waals surface area contributed by atoms with Crippen molar-refractivity contribution in [2.45, 2.75) is 51.0 Å². The average Bonchev–Trinajstić information content (AvgIpc) is 3.48. The number of benzene rings is 1. The Bertz CT molecular complexity index is 1480. The van der Waals surface area contributed by atoms with Crippen LogP contribution in [0, 0.1) is 5.92 Å². The first-order chi connectivity index (χ1) is 18.8. The summed E-state index contributed by atoms with van der Waals surface area (Å²) in [5, 5.41) is 15.6. The Kier molecular flexibility index (Phi) is 6.58. The maximum absolute atomic E-state index is 15.4. The highest BCUT2D eigenvalue weighted by Crippen LogP contribution is 2.36. The van der Waals surface area contributed by atoms with Crippen molar-refractivity contribution in [3.63, 3.8) is 0 Å². The van der Waals surface area contributed by atoms with Crippen LogP contribution in [0.5, 0.6) is 5.88 Å². The lowest BCUT2D eigenvalue weighted by Gasteiger charge is -2.55. The van der Waals surface area contributed by atoms with E-state index in [1.807, 2.05) is 12.1 Å². The number of hydrogen-bond acceptors (Lipinski definition) is 8. The van der Waals surface area contributed by atoms with Gasteiger partial charge in [0.05, 0.1) is 37.4 Å². The Labute approximate surface area is 223 Å². The molecule has 1 N–H and O–H groups in total. The van der Waals surface area contributed by atoms with Crippen LogP contribution in [0.2, 0.25) is 0 Å². The standard InChI is InChI=1S/C26H31F3N8O2/c1-15(2)26(13-39-14-26)35-8-7-19(18(27)11-35)30-25-31-24(38-3)23-17(6-9-36(23)33-25)16-4-5-20-21(10-16)37(34-32-20)12-22(28)29/h4-6,9-10,15,18-19,22H,7-8,11-14H2,1-3H3,(H,30,33)/t18-,19+/m1/s1. The van der Waals surface area contributed by atoms with E-state index in [9.17, 15) is 8.78 Å². The molecule has 5 heterocycles. The van der Waals surface area contributed by atoms with Gasteiger partial charge in [0.2, 0.25) is 11.8 Å². The van der Waals surface area contributed by atoms with Crippen LogP contribution in [0.3, 0.4) is 0 Å². The highest BCUT2D eigenvalue weighted by atomic mass is 19.3. The smallest absolute Gasteiger partial charge is 0.258 e. The molecule has 0 spiro atoms. The lowest BCUT2D eigenvalue weighted by molar-refractivity contribution is -0.173. The Morgan fingerprint density at radius 2 is 2.05 bits per heavy atom. The normalized spacial score (nSPS) is 21.6. The number of piperidine rings is 1. The molecule has 39 heavy (non-hydrogen) atoms. The molecule has 208 valence electrons. The zero-order valence-corrected chi connectivity index (χ0v) is 22.0. The first kappa shape index (κ1) is 25.8. The van der Waals surface area contributed by atoms with E-state index in [-0.39, 0.29) is 11.5 Å². The van der Waals surface area contributed by atoms with Crippen molar-refractivity contribution in [1.82, 2.24) is 34.5 Å². The molecule has 4 aromatic rings. The van der Waals surface area contributed by atoms with Gasteiger partial charge >= 0.3 is 0 Å². The summed E-state index contributed by atoms with van der Waals surface area (Å²) in [7, 11) is 1.51. The SMILES string of the molecule is COc1nc(N[C@H]2CCN(C3(C(C)C)COC3)C[C@H]2F)nn2ccc(-c3ccc4nnn(CC(F)F)c4c3)c12. The van der Waals surface area contributed by atoms with Crippen molar-refractivity contribution in [3.8, 4) is 17.0 Å². The number of nitrogens with zero attached hydrogens (tertiary/aromatic N) is 7. The minimum absolute atomic E-state index is 0.0916. The number of hydrogen-bond donors (Lipinski definition) is 1. The van der Waals surface area contributed by atoms with Crippen molar-refractivity contribution >= 4 is 22.5 Å². The summed E-state index contributed by atoms with van der Waals surface area (Å²) in [6, 6.07) is 6.75. The number of likely N-dealkylation sites (tertiary alicyclic amines) is 1. The quantitative estimate of drug-likeness (QED) is 0.359. The molecule has 0 saturated carbocycles. The van der Waals surface area contributed by atoms with Gasteiger partial charge in [-0.25, -0.2) is 22.4 Å². The van der Waals surface area contributed by atoms with Crippen molar-refractivity contribution < 1.29 is 22.6 Å². The Hall–Kier alpha value is -3.45. The Morgan fingerprint density at radius 3 is 2.72 bits per heavy atom. The Morgan fingerprint density at radius 1 is 1.23 bits per heavy atom. The molecular weight excluding hydrogens is 513 g/mol. The lowest BCUT2D eigenvalue weighted by Crippen LogP contribution is -2.68. The van der Waals surface area contributed by atoms with E-state index in [0.717, 1.165) is 17.7 Å². The zero-order valence-electron chi connectivity index (χ0n) is 22.0. The summed E-state index contributed by atoms with van der Waals surface area (Å²) in [6.07, 6.45) is -1.28. The van der Waals surface area contributed by atoms with E-state index >= 15 is 4.39 Å². The van der Waals surface area contributed by atoms with E-state index in [0.29, 0.717) is 54.5 Å². The maximum Gasteiger partial charge on any atom is 0.258 e. The summed E-state index contributed by atoms with van der Waals surface area (Å²) >= 11 is 0. The van der Waals surface area contributed by atoms with E-state index in [1.165, 1.54) is 11.8 Å². The van der Waals surface area contributed by atoms with Crippen LogP contribution in [0.4, 0.5) is 19.1 Å². The van der Waals surface area contributed by atoms with Crippen LogP contribution in [0.1, 0.15) is 20.3 Å². The fourth-order valence-electron chi connectivity index (χ4n) is 5.66. The molecule has 13 heteroatoms. The molecule has 10 nitrogen and oxygen atoms in total. The topological polar surface area (TPSA) is 94.6 Å². The second kappa shape index (κ2) is 9.94. The van der Waals surface area contributed by atoms with Crippen LogP contribution in [-0.4, -0.2) is 92.1 Å². The number of alkyl halides is 3. The molecule has 2 fully saturated rings. The minimum Gasteiger partial charge on any atom is -0.479 e. The molecule has 2 atom stereocenters. The number of methoxy groups -OCH3 is 1. The minimum atomic E-state index is -2.55. The van der Waals surface area contributed by atoms with E-state index in [4.69, 9.17) is 9.47 Å². The number of aromatic nitrogens is 6. The molecule has 0 bridgehead atoms. The number of nitrogens with one attached hydrogen (secondary N) is 1. The third kappa shape index (κ3) is 4.46. The number of anilines is 1. The van der Waals surface area contributed by atoms with Gasteiger partial charge in [0.1, 0.15) is 23.7 Å². The molecule has 6 rings (SSSR count). The third-order valence-corrected chi connectivity index (χ3v) is 8.07. The fraction of sp³-hybridized carbons (Fsp3) is 0.538. The fourth-order valence-corrected chi connectivity index (χ4v) is 5.66. The number of rotatable bonds is 8. The third-order valence-electron chi connectivity index (χ3n) is 8.07. The zero-order chi connectivity index (χ0) is 27.3. The highest BCUT2D eigenvalue weighted by Gasteiger charge is 2.49. The lowest BCUT2D eigenvalue weighted by atomic mass is 9.81. The molecule has 3 aromatic heterocycles. The second-order valence-corrected chi connectivity index (χ2v) is 10.6. The van der Waals surface area contributed by atoms with Gasteiger partial charge in [0.25, 0.3) is 6.43 Å². The van der Waals surface area contributed by atoms with Crippen molar-refractivity contribution in [1.29, 1.82) is 0 Å². The van der Waals surface area contributed by atoms with Crippen LogP contribution >= 0.6 is 0 Å². The van der Waals surface area contributed by atoms with E-state index in [1.54, 1.807) is 22.8 Å². The summed E-state index contributed by atoms with van der Waals surface area (Å²) < 4.78 is 55.3. The van der Waals surface area contributed by atoms with Crippen LogP contribution < -0.4 is 10.1 Å². The largest absolute Gasteiger partial charge is 0.479 e. The molecule has 0 aliphatic carbocycles. The number of ether oxygens (including phenoxy) is 2. The van der Waals surface area contributed by atoms with Gasteiger partial charge in [-0.05, 0) is 36.1 Å². The van der Waals surface area contributed by atoms with Gasteiger partial charge < -0.3 is 14.8 Å². The van der Waals surface area contributed by atoms with Crippen molar-refractivity contribution in [3.05, 3.63) is 30.5 Å². The molecule has 0 unspecified atom stereocenters. The summed E-state index contributed by atoms with van der Waals surface area (Å²) in [5.41, 5.74) is 3.04. The molecule has 0 radical (unpaired) electrons. The summed E-state index contributed by atoms with van der Waals surface area (Å²) in [6.45, 7) is 6.14. The molecular formula is C26H31F3N8O2. The molecule has 1 aromatic carbocycles. The second-order valence-electron chi connectivity index (χ2n) is 10.6. The summed E-state index contributed by atoms with van der Waals surface area (Å²) in [5.74, 6) is 0.954. The van der Waals surface area contributed by atoms with Gasteiger partial charge in [0.15, 0.2) is 0 Å². The number of halogens is 3. The predicted molar refractivity (Wildman–Crippen MR) is 139 cm³/mol. The van der Waals surface area contributed by atoms with Crippen LogP contribution in [0.15, 0.2) is 30.5 Å². The first-order valence-electron chi connectivity index (χ1n) is 13.1. The Balaban J connectivity index is 1.25. The van der Waals surface area contributed by atoms with Gasteiger partial charge in [-0.15, -0.1) is 10.2 Å². The molecule has 2 saturated heterocycles. The number of fused-ring (bicyclic) bond motifs is 2. The van der Waals surface area contributed by atoms with Crippen molar-refractivity contribution in [2.24, 2.45) is 5.92 Å². The van der Waals surface area contributed by atoms with Gasteiger partial charge in [-0.3, -0.25) is 4.90 Å². The average molecular weight is 545 g/mol. The summed E-state index contributed by atoms with van der Waals surface area (Å²) in [4.78, 5) is 6.77. The van der Waals surface area contributed by atoms with Crippen LogP contribution in [0.25, 0.3) is 27.7 Å². The molecule has 2 aliphatic heterocycles. The van der Waals surface area contributed by atoms with E-state index in [2.05, 4.69) is 44.5 Å².